The smallest absolute Gasteiger partial charge is 0.335 e. The first kappa shape index (κ1) is 13.3. The summed E-state index contributed by atoms with van der Waals surface area (Å²) in [5.74, 6) is -0.907. The van der Waals surface area contributed by atoms with Gasteiger partial charge >= 0.3 is 5.97 Å². The highest BCUT2D eigenvalue weighted by atomic mass is 16.6. The molecule has 0 spiro atoms. The average molecular weight is 266 g/mol. The van der Waals surface area contributed by atoms with Crippen molar-refractivity contribution in [3.8, 4) is 0 Å². The minimum atomic E-state index is -1.15. The van der Waals surface area contributed by atoms with Crippen LogP contribution in [0.5, 0.6) is 0 Å². The number of carboxylic acids is 1. The maximum atomic E-state index is 10.8. The van der Waals surface area contributed by atoms with E-state index in [1.807, 2.05) is 0 Å². The van der Waals surface area contributed by atoms with Crippen LogP contribution in [0.3, 0.4) is 0 Å². The molecule has 1 aromatic carbocycles. The summed E-state index contributed by atoms with van der Waals surface area (Å²) in [6.45, 7) is 0.175. The summed E-state index contributed by atoms with van der Waals surface area (Å²) in [6, 6.07) is 3.54. The van der Waals surface area contributed by atoms with Gasteiger partial charge in [-0.05, 0) is 30.9 Å². The third-order valence-corrected chi connectivity index (χ3v) is 3.11. The molecular formula is C12H14N2O5. The Morgan fingerprint density at radius 2 is 2.21 bits per heavy atom. The van der Waals surface area contributed by atoms with Crippen LogP contribution < -0.4 is 5.32 Å². The van der Waals surface area contributed by atoms with Gasteiger partial charge in [-0.3, -0.25) is 10.1 Å². The summed E-state index contributed by atoms with van der Waals surface area (Å²) in [5.41, 5.74) is -0.119. The highest BCUT2D eigenvalue weighted by Crippen LogP contribution is 2.33. The third kappa shape index (κ3) is 3.19. The summed E-state index contributed by atoms with van der Waals surface area (Å²) in [4.78, 5) is 21.1. The summed E-state index contributed by atoms with van der Waals surface area (Å²) < 4.78 is 0. The average Bonchev–Trinajstić information content (AvgIpc) is 3.19. The van der Waals surface area contributed by atoms with E-state index in [0.717, 1.165) is 18.9 Å². The van der Waals surface area contributed by atoms with Gasteiger partial charge in [-0.2, -0.15) is 0 Å². The molecule has 1 saturated carbocycles. The van der Waals surface area contributed by atoms with E-state index in [1.54, 1.807) is 0 Å². The molecule has 0 radical (unpaired) electrons. The first-order valence-corrected chi connectivity index (χ1v) is 5.92. The summed E-state index contributed by atoms with van der Waals surface area (Å²) >= 11 is 0. The summed E-state index contributed by atoms with van der Waals surface area (Å²) in [6.07, 6.45) is 1.35. The van der Waals surface area contributed by atoms with Gasteiger partial charge in [0, 0.05) is 12.6 Å². The van der Waals surface area contributed by atoms with Gasteiger partial charge in [0.05, 0.1) is 16.6 Å². The molecular weight excluding hydrogens is 252 g/mol. The molecule has 1 unspecified atom stereocenters. The highest BCUT2D eigenvalue weighted by Gasteiger charge is 2.29. The van der Waals surface area contributed by atoms with Crippen molar-refractivity contribution < 1.29 is 19.9 Å². The van der Waals surface area contributed by atoms with Crippen LogP contribution in [0.1, 0.15) is 23.2 Å². The number of aliphatic hydroxyl groups excluding tert-OH is 1. The van der Waals surface area contributed by atoms with Crippen molar-refractivity contribution in [3.05, 3.63) is 33.9 Å². The number of rotatable bonds is 6. The fourth-order valence-electron chi connectivity index (χ4n) is 1.83. The van der Waals surface area contributed by atoms with Gasteiger partial charge in [-0.1, -0.05) is 0 Å². The van der Waals surface area contributed by atoms with Crippen LogP contribution in [0.25, 0.3) is 0 Å². The number of anilines is 1. The monoisotopic (exact) mass is 266 g/mol. The van der Waals surface area contributed by atoms with Crippen LogP contribution in [0, 0.1) is 16.0 Å². The number of nitrogens with one attached hydrogen (secondary N) is 1. The van der Waals surface area contributed by atoms with Crippen LogP contribution >= 0.6 is 0 Å². The van der Waals surface area contributed by atoms with Crippen molar-refractivity contribution in [2.45, 2.75) is 18.9 Å². The Morgan fingerprint density at radius 3 is 2.74 bits per heavy atom. The van der Waals surface area contributed by atoms with Crippen molar-refractivity contribution in [1.82, 2.24) is 0 Å². The zero-order valence-electron chi connectivity index (χ0n) is 10.1. The third-order valence-electron chi connectivity index (χ3n) is 3.11. The van der Waals surface area contributed by atoms with E-state index < -0.39 is 17.0 Å². The predicted octanol–water partition coefficient (Wildman–Crippen LogP) is 1.48. The number of nitro groups is 1. The largest absolute Gasteiger partial charge is 0.478 e. The lowest BCUT2D eigenvalue weighted by atomic mass is 10.1. The lowest BCUT2D eigenvalue weighted by molar-refractivity contribution is -0.384. The highest BCUT2D eigenvalue weighted by molar-refractivity contribution is 5.90. The molecule has 1 atom stereocenters. The molecule has 0 saturated heterocycles. The first-order chi connectivity index (χ1) is 8.99. The molecule has 0 aliphatic heterocycles. The van der Waals surface area contributed by atoms with E-state index in [0.29, 0.717) is 0 Å². The minimum Gasteiger partial charge on any atom is -0.478 e. The van der Waals surface area contributed by atoms with Crippen LogP contribution in [-0.2, 0) is 0 Å². The zero-order chi connectivity index (χ0) is 14.0. The molecule has 7 heteroatoms. The van der Waals surface area contributed by atoms with Gasteiger partial charge in [0.15, 0.2) is 0 Å². The Bertz CT molecular complexity index is 513. The molecule has 1 fully saturated rings. The number of hydrogen-bond acceptors (Lipinski definition) is 5. The van der Waals surface area contributed by atoms with Gasteiger partial charge in [-0.15, -0.1) is 0 Å². The molecule has 1 aliphatic rings. The molecule has 1 aromatic rings. The maximum Gasteiger partial charge on any atom is 0.335 e. The number of nitro benzene ring substituents is 1. The quantitative estimate of drug-likeness (QED) is 0.531. The summed E-state index contributed by atoms with van der Waals surface area (Å²) in [5, 5.41) is 32.2. The van der Waals surface area contributed by atoms with Crippen LogP contribution in [0.2, 0.25) is 0 Å². The second-order valence-electron chi connectivity index (χ2n) is 4.58. The maximum absolute atomic E-state index is 10.8. The van der Waals surface area contributed by atoms with Crippen molar-refractivity contribution in [3.63, 3.8) is 0 Å². The van der Waals surface area contributed by atoms with E-state index in [9.17, 15) is 20.0 Å². The van der Waals surface area contributed by atoms with Crippen LogP contribution in [0.4, 0.5) is 11.4 Å². The zero-order valence-corrected chi connectivity index (χ0v) is 10.1. The van der Waals surface area contributed by atoms with Gasteiger partial charge < -0.3 is 15.5 Å². The molecule has 2 rings (SSSR count). The van der Waals surface area contributed by atoms with Gasteiger partial charge in [0.25, 0.3) is 5.69 Å². The van der Waals surface area contributed by atoms with Crippen LogP contribution in [0.15, 0.2) is 18.2 Å². The molecule has 0 heterocycles. The van der Waals surface area contributed by atoms with Crippen LogP contribution in [-0.4, -0.2) is 33.8 Å². The number of carboxylic acid groups (broad SMARTS) is 1. The number of aliphatic hydroxyl groups is 1. The van der Waals surface area contributed by atoms with Gasteiger partial charge in [0.2, 0.25) is 0 Å². The van der Waals surface area contributed by atoms with Crippen molar-refractivity contribution in [2.75, 3.05) is 11.9 Å². The van der Waals surface area contributed by atoms with E-state index in [1.165, 1.54) is 12.1 Å². The van der Waals surface area contributed by atoms with Crippen molar-refractivity contribution >= 4 is 17.3 Å². The molecule has 102 valence electrons. The molecule has 0 bridgehead atoms. The lowest BCUT2D eigenvalue weighted by Crippen LogP contribution is -2.21. The van der Waals surface area contributed by atoms with Crippen molar-refractivity contribution in [2.24, 2.45) is 5.92 Å². The van der Waals surface area contributed by atoms with E-state index >= 15 is 0 Å². The molecule has 0 amide bonds. The standard InChI is InChI=1S/C12H14N2O5/c15-11(7-1-2-7)6-13-9-5-8(12(16)17)3-4-10(9)14(18)19/h3-5,7,11,13,15H,1-2,6H2,(H,16,17). The fraction of sp³-hybridized carbons (Fsp3) is 0.417. The molecule has 3 N–H and O–H groups in total. The minimum absolute atomic E-state index is 0.0333. The Hall–Kier alpha value is -2.15. The summed E-state index contributed by atoms with van der Waals surface area (Å²) in [7, 11) is 0. The molecule has 19 heavy (non-hydrogen) atoms. The normalized spacial score (nSPS) is 15.8. The number of aromatic carboxylic acids is 1. The van der Waals surface area contributed by atoms with Crippen molar-refractivity contribution in [1.29, 1.82) is 0 Å². The number of hydrogen-bond donors (Lipinski definition) is 3. The number of nitrogens with zero attached hydrogens (tertiary/aromatic N) is 1. The van der Waals surface area contributed by atoms with E-state index in [2.05, 4.69) is 5.32 Å². The Balaban J connectivity index is 2.16. The van der Waals surface area contributed by atoms with E-state index in [4.69, 9.17) is 5.11 Å². The predicted molar refractivity (Wildman–Crippen MR) is 67.3 cm³/mol. The molecule has 1 aliphatic carbocycles. The second-order valence-corrected chi connectivity index (χ2v) is 4.58. The first-order valence-electron chi connectivity index (χ1n) is 5.92. The Labute approximate surface area is 109 Å². The number of benzene rings is 1. The number of carbonyl (C=O) groups is 1. The topological polar surface area (TPSA) is 113 Å². The Morgan fingerprint density at radius 1 is 1.53 bits per heavy atom. The Kier molecular flexibility index (Phi) is 3.66. The SMILES string of the molecule is O=C(O)c1ccc([N+](=O)[O-])c(NCC(O)C2CC2)c1. The fourth-order valence-corrected chi connectivity index (χ4v) is 1.83. The molecule has 0 aromatic heterocycles. The second kappa shape index (κ2) is 5.23. The molecule has 7 nitrogen and oxygen atoms in total. The van der Waals surface area contributed by atoms with Gasteiger partial charge in [0.1, 0.15) is 5.69 Å². The van der Waals surface area contributed by atoms with E-state index in [-0.39, 0.29) is 29.4 Å². The van der Waals surface area contributed by atoms with Gasteiger partial charge in [-0.25, -0.2) is 4.79 Å². The lowest BCUT2D eigenvalue weighted by Gasteiger charge is -2.12.